The number of phenolic OH excluding ortho intramolecular Hbond substituents is 1. The summed E-state index contributed by atoms with van der Waals surface area (Å²) in [6.07, 6.45) is 1.37. The minimum atomic E-state index is -0.349. The summed E-state index contributed by atoms with van der Waals surface area (Å²) in [5.41, 5.74) is 3.35. The van der Waals surface area contributed by atoms with Gasteiger partial charge in [0.05, 0.1) is 17.3 Å². The number of nitrogens with one attached hydrogen (secondary N) is 1. The average Bonchev–Trinajstić information content (AvgIpc) is 2.53. The van der Waals surface area contributed by atoms with Crippen LogP contribution in [0.25, 0.3) is 0 Å². The Balaban J connectivity index is 2.04. The third kappa shape index (κ3) is 4.80. The number of ether oxygens (including phenoxy) is 1. The number of hydrogen-bond acceptors (Lipinski definition) is 4. The minimum absolute atomic E-state index is 0.0484. The molecule has 0 bridgehead atoms. The van der Waals surface area contributed by atoms with E-state index in [1.807, 2.05) is 6.92 Å². The standard InChI is InChI=1S/C16H14Br2N2O3/c1-2-23-13-5-3-10(4-6-13)16(22)20-19-9-11-7-12(17)8-14(18)15(11)21/h3-9,21H,2H2,1H3,(H,20,22)/b19-9-. The zero-order chi connectivity index (χ0) is 16.8. The maximum Gasteiger partial charge on any atom is 0.271 e. The van der Waals surface area contributed by atoms with E-state index in [0.29, 0.717) is 28.0 Å². The van der Waals surface area contributed by atoms with Crippen molar-refractivity contribution in [3.8, 4) is 11.5 Å². The Morgan fingerprint density at radius 3 is 2.65 bits per heavy atom. The largest absolute Gasteiger partial charge is 0.506 e. The van der Waals surface area contributed by atoms with Gasteiger partial charge in [-0.3, -0.25) is 4.79 Å². The second kappa shape index (κ2) is 8.12. The first kappa shape index (κ1) is 17.5. The second-order valence-corrected chi connectivity index (χ2v) is 6.25. The van der Waals surface area contributed by atoms with Gasteiger partial charge in [-0.25, -0.2) is 5.43 Å². The first-order chi connectivity index (χ1) is 11.0. The van der Waals surface area contributed by atoms with Crippen molar-refractivity contribution < 1.29 is 14.6 Å². The number of rotatable bonds is 5. The van der Waals surface area contributed by atoms with Gasteiger partial charge in [0, 0.05) is 15.6 Å². The Morgan fingerprint density at radius 1 is 1.30 bits per heavy atom. The van der Waals surface area contributed by atoms with Gasteiger partial charge in [0.2, 0.25) is 0 Å². The van der Waals surface area contributed by atoms with Crippen LogP contribution in [0.5, 0.6) is 11.5 Å². The molecule has 2 N–H and O–H groups in total. The first-order valence-electron chi connectivity index (χ1n) is 6.75. The van der Waals surface area contributed by atoms with Crippen LogP contribution in [0.15, 0.2) is 50.4 Å². The number of halogens is 2. The van der Waals surface area contributed by atoms with Crippen LogP contribution in [-0.4, -0.2) is 23.8 Å². The van der Waals surface area contributed by atoms with Gasteiger partial charge in [-0.15, -0.1) is 0 Å². The van der Waals surface area contributed by atoms with Crippen LogP contribution >= 0.6 is 31.9 Å². The van der Waals surface area contributed by atoms with Crippen LogP contribution in [0.1, 0.15) is 22.8 Å². The maximum atomic E-state index is 12.0. The summed E-state index contributed by atoms with van der Waals surface area (Å²) >= 11 is 6.56. The molecule has 0 saturated carbocycles. The van der Waals surface area contributed by atoms with E-state index < -0.39 is 0 Å². The number of hydrogen-bond donors (Lipinski definition) is 2. The molecular weight excluding hydrogens is 428 g/mol. The van der Waals surface area contributed by atoms with Gasteiger partial charge in [0.25, 0.3) is 5.91 Å². The molecule has 2 aromatic carbocycles. The second-order valence-electron chi connectivity index (χ2n) is 4.48. The van der Waals surface area contributed by atoms with Gasteiger partial charge in [-0.05, 0) is 59.3 Å². The third-order valence-electron chi connectivity index (χ3n) is 2.85. The van der Waals surface area contributed by atoms with Crippen molar-refractivity contribution in [2.75, 3.05) is 6.61 Å². The molecule has 0 saturated heterocycles. The summed E-state index contributed by atoms with van der Waals surface area (Å²) < 4.78 is 6.63. The molecule has 0 spiro atoms. The monoisotopic (exact) mass is 440 g/mol. The molecule has 0 radical (unpaired) electrons. The van der Waals surface area contributed by atoms with Gasteiger partial charge in [-0.1, -0.05) is 15.9 Å². The Hall–Kier alpha value is -1.86. The fourth-order valence-electron chi connectivity index (χ4n) is 1.78. The van der Waals surface area contributed by atoms with E-state index in [1.54, 1.807) is 36.4 Å². The molecule has 7 heteroatoms. The van der Waals surface area contributed by atoms with Gasteiger partial charge >= 0.3 is 0 Å². The summed E-state index contributed by atoms with van der Waals surface area (Å²) in [4.78, 5) is 12.0. The lowest BCUT2D eigenvalue weighted by atomic mass is 10.2. The maximum absolute atomic E-state index is 12.0. The SMILES string of the molecule is CCOc1ccc(C(=O)N/N=C\c2cc(Br)cc(Br)c2O)cc1. The third-order valence-corrected chi connectivity index (χ3v) is 3.92. The van der Waals surface area contributed by atoms with Crippen LogP contribution in [0, 0.1) is 0 Å². The molecule has 0 aliphatic heterocycles. The van der Waals surface area contributed by atoms with Crippen molar-refractivity contribution in [1.82, 2.24) is 5.43 Å². The van der Waals surface area contributed by atoms with Crippen molar-refractivity contribution in [2.24, 2.45) is 5.10 Å². The zero-order valence-corrected chi connectivity index (χ0v) is 15.4. The molecule has 0 aliphatic rings. The Morgan fingerprint density at radius 2 is 2.00 bits per heavy atom. The van der Waals surface area contributed by atoms with E-state index in [0.717, 1.165) is 4.47 Å². The Kier molecular flexibility index (Phi) is 6.18. The number of phenols is 1. The molecule has 0 unspecified atom stereocenters. The molecule has 0 fully saturated rings. The number of hydrazone groups is 1. The van der Waals surface area contributed by atoms with E-state index in [2.05, 4.69) is 42.4 Å². The van der Waals surface area contributed by atoms with E-state index >= 15 is 0 Å². The summed E-state index contributed by atoms with van der Waals surface area (Å²) in [5, 5.41) is 13.8. The topological polar surface area (TPSA) is 70.9 Å². The van der Waals surface area contributed by atoms with Crippen molar-refractivity contribution in [2.45, 2.75) is 6.92 Å². The van der Waals surface area contributed by atoms with Gasteiger partial charge in [0.1, 0.15) is 11.5 Å². The molecule has 2 rings (SSSR count). The van der Waals surface area contributed by atoms with Crippen LogP contribution < -0.4 is 10.2 Å². The first-order valence-corrected chi connectivity index (χ1v) is 8.34. The van der Waals surface area contributed by atoms with Crippen LogP contribution in [0.4, 0.5) is 0 Å². The highest BCUT2D eigenvalue weighted by atomic mass is 79.9. The van der Waals surface area contributed by atoms with Crippen molar-refractivity contribution in [3.05, 3.63) is 56.5 Å². The van der Waals surface area contributed by atoms with E-state index in [9.17, 15) is 9.90 Å². The summed E-state index contributed by atoms with van der Waals surface area (Å²) in [5.74, 6) is 0.404. The highest BCUT2D eigenvalue weighted by molar-refractivity contribution is 9.11. The molecule has 0 heterocycles. The van der Waals surface area contributed by atoms with Gasteiger partial charge in [0.15, 0.2) is 0 Å². The predicted octanol–water partition coefficient (Wildman–Crippen LogP) is 4.08. The van der Waals surface area contributed by atoms with Crippen molar-refractivity contribution in [1.29, 1.82) is 0 Å². The smallest absolute Gasteiger partial charge is 0.271 e. The fraction of sp³-hybridized carbons (Fsp3) is 0.125. The molecule has 1 amide bonds. The normalized spacial score (nSPS) is 10.7. The van der Waals surface area contributed by atoms with Crippen molar-refractivity contribution in [3.63, 3.8) is 0 Å². The molecule has 0 aliphatic carbocycles. The lowest BCUT2D eigenvalue weighted by Crippen LogP contribution is -2.17. The quantitative estimate of drug-likeness (QED) is 0.542. The zero-order valence-electron chi connectivity index (χ0n) is 12.2. The summed E-state index contributed by atoms with van der Waals surface area (Å²) in [7, 11) is 0. The molecular formula is C16H14Br2N2O3. The molecule has 0 aromatic heterocycles. The van der Waals surface area contributed by atoms with Crippen molar-refractivity contribution >= 4 is 44.0 Å². The summed E-state index contributed by atoms with van der Waals surface area (Å²) in [6, 6.07) is 10.2. The number of carbonyl (C=O) groups is 1. The molecule has 2 aromatic rings. The Bertz CT molecular complexity index is 731. The fourth-order valence-corrected chi connectivity index (χ4v) is 3.04. The lowest BCUT2D eigenvalue weighted by Gasteiger charge is -2.05. The van der Waals surface area contributed by atoms with E-state index in [4.69, 9.17) is 4.74 Å². The van der Waals surface area contributed by atoms with Gasteiger partial charge in [-0.2, -0.15) is 5.10 Å². The minimum Gasteiger partial charge on any atom is -0.506 e. The van der Waals surface area contributed by atoms with E-state index in [1.165, 1.54) is 6.21 Å². The van der Waals surface area contributed by atoms with Crippen LogP contribution in [0.2, 0.25) is 0 Å². The predicted molar refractivity (Wildman–Crippen MR) is 96.2 cm³/mol. The summed E-state index contributed by atoms with van der Waals surface area (Å²) in [6.45, 7) is 2.46. The Labute approximate surface area is 150 Å². The number of benzene rings is 2. The number of aromatic hydroxyl groups is 1. The molecule has 23 heavy (non-hydrogen) atoms. The molecule has 0 atom stereocenters. The molecule has 120 valence electrons. The molecule has 5 nitrogen and oxygen atoms in total. The van der Waals surface area contributed by atoms with Crippen LogP contribution in [-0.2, 0) is 0 Å². The van der Waals surface area contributed by atoms with Crippen LogP contribution in [0.3, 0.4) is 0 Å². The number of nitrogens with zero attached hydrogens (tertiary/aromatic N) is 1. The highest BCUT2D eigenvalue weighted by Gasteiger charge is 2.07. The number of carbonyl (C=O) groups excluding carboxylic acids is 1. The lowest BCUT2D eigenvalue weighted by molar-refractivity contribution is 0.0955. The van der Waals surface area contributed by atoms with Gasteiger partial charge < -0.3 is 9.84 Å². The average molecular weight is 442 g/mol. The number of amides is 1. The highest BCUT2D eigenvalue weighted by Crippen LogP contribution is 2.30. The van der Waals surface area contributed by atoms with E-state index in [-0.39, 0.29) is 11.7 Å².